The van der Waals surface area contributed by atoms with Crippen molar-refractivity contribution in [3.8, 4) is 11.5 Å². The molecular formula is C25H30ClF3N4O6. The Hall–Kier alpha value is -3.10. The topological polar surface area (TPSA) is 113 Å². The third-order valence-electron chi connectivity index (χ3n) is 5.71. The molecular weight excluding hydrogens is 545 g/mol. The second-order valence-corrected chi connectivity index (χ2v) is 8.95. The summed E-state index contributed by atoms with van der Waals surface area (Å²) in [6.07, 6.45) is -5.30. The molecule has 14 heteroatoms. The lowest BCUT2D eigenvalue weighted by molar-refractivity contribution is -0.274. The molecule has 3 rings (SSSR count). The minimum Gasteiger partial charge on any atom is -0.491 e. The number of carbonyl (C=O) groups is 2. The number of likely N-dealkylation sites (N-methyl/N-ethyl adjacent to an activating group) is 1. The van der Waals surface area contributed by atoms with Crippen molar-refractivity contribution < 1.29 is 42.1 Å². The smallest absolute Gasteiger partial charge is 0.491 e. The average molecular weight is 575 g/mol. The normalized spacial score (nSPS) is 18.0. The molecule has 1 aliphatic rings. The standard InChI is InChI=1S/C25H30ClF3N4O6/c1-32-22(31-16-37-12-13-38-19-4-2-5-20(14-19)39-25(27,28)29)21(23(35)33(24(32)36)10-3-11-34)30-15-17-6-8-18(26)9-7-17/h2,4-9,14,21-22,30-31,34H,3,10-13,15-16H2,1H3. The zero-order valence-corrected chi connectivity index (χ0v) is 21.9. The maximum absolute atomic E-state index is 13.2. The van der Waals surface area contributed by atoms with Gasteiger partial charge in [-0.2, -0.15) is 0 Å². The van der Waals surface area contributed by atoms with E-state index in [0.29, 0.717) is 11.6 Å². The van der Waals surface area contributed by atoms with Crippen LogP contribution in [0.4, 0.5) is 18.0 Å². The molecule has 1 heterocycles. The Labute approximate surface area is 228 Å². The van der Waals surface area contributed by atoms with Crippen molar-refractivity contribution in [1.29, 1.82) is 0 Å². The van der Waals surface area contributed by atoms with Crippen LogP contribution in [0.1, 0.15) is 12.0 Å². The number of amides is 3. The van der Waals surface area contributed by atoms with Gasteiger partial charge in [-0.1, -0.05) is 29.8 Å². The van der Waals surface area contributed by atoms with Gasteiger partial charge in [0, 0.05) is 37.8 Å². The van der Waals surface area contributed by atoms with E-state index in [9.17, 15) is 22.8 Å². The van der Waals surface area contributed by atoms with Gasteiger partial charge in [0.2, 0.25) is 0 Å². The van der Waals surface area contributed by atoms with Crippen LogP contribution in [0.5, 0.6) is 11.5 Å². The summed E-state index contributed by atoms with van der Waals surface area (Å²) in [5.74, 6) is -0.671. The molecule has 0 bridgehead atoms. The highest BCUT2D eigenvalue weighted by molar-refractivity contribution is 6.30. The quantitative estimate of drug-likeness (QED) is 0.233. The molecule has 3 amide bonds. The summed E-state index contributed by atoms with van der Waals surface area (Å²) in [6, 6.07) is 10.9. The summed E-state index contributed by atoms with van der Waals surface area (Å²) in [6.45, 7) is 0.289. The number of halogens is 4. The van der Waals surface area contributed by atoms with Gasteiger partial charge in [-0.3, -0.25) is 20.3 Å². The average Bonchev–Trinajstić information content (AvgIpc) is 2.88. The number of ether oxygens (including phenoxy) is 3. The lowest BCUT2D eigenvalue weighted by Gasteiger charge is -2.43. The van der Waals surface area contributed by atoms with Crippen LogP contribution >= 0.6 is 11.6 Å². The second-order valence-electron chi connectivity index (χ2n) is 8.52. The van der Waals surface area contributed by atoms with E-state index in [0.717, 1.165) is 22.6 Å². The number of nitrogens with zero attached hydrogens (tertiary/aromatic N) is 2. The summed E-state index contributed by atoms with van der Waals surface area (Å²) in [5, 5.41) is 16.0. The lowest BCUT2D eigenvalue weighted by Crippen LogP contribution is -2.71. The van der Waals surface area contributed by atoms with Crippen molar-refractivity contribution in [2.24, 2.45) is 0 Å². The number of nitrogens with one attached hydrogen (secondary N) is 2. The Kier molecular flexibility index (Phi) is 11.2. The molecule has 2 unspecified atom stereocenters. The van der Waals surface area contributed by atoms with Crippen molar-refractivity contribution >= 4 is 23.5 Å². The Morgan fingerprint density at radius 2 is 1.77 bits per heavy atom. The van der Waals surface area contributed by atoms with E-state index in [1.54, 1.807) is 19.2 Å². The number of alkyl halides is 3. The predicted molar refractivity (Wildman–Crippen MR) is 135 cm³/mol. The fourth-order valence-electron chi connectivity index (χ4n) is 3.84. The number of urea groups is 1. The van der Waals surface area contributed by atoms with Crippen molar-refractivity contribution in [3.05, 3.63) is 59.1 Å². The van der Waals surface area contributed by atoms with Crippen molar-refractivity contribution in [3.63, 3.8) is 0 Å². The van der Waals surface area contributed by atoms with Crippen molar-refractivity contribution in [1.82, 2.24) is 20.4 Å². The molecule has 0 radical (unpaired) electrons. The van der Waals surface area contributed by atoms with E-state index in [1.165, 1.54) is 17.0 Å². The van der Waals surface area contributed by atoms with Crippen LogP contribution in [0.15, 0.2) is 48.5 Å². The molecule has 39 heavy (non-hydrogen) atoms. The van der Waals surface area contributed by atoms with Gasteiger partial charge in [0.15, 0.2) is 0 Å². The SMILES string of the molecule is CN1C(=O)N(CCCO)C(=O)C(NCc2ccc(Cl)cc2)C1NCOCCOc1cccc(OC(F)(F)F)c1. The molecule has 0 spiro atoms. The summed E-state index contributed by atoms with van der Waals surface area (Å²) >= 11 is 5.94. The molecule has 0 aromatic heterocycles. The maximum Gasteiger partial charge on any atom is 0.573 e. The molecule has 10 nitrogen and oxygen atoms in total. The third-order valence-corrected chi connectivity index (χ3v) is 5.96. The number of carbonyl (C=O) groups excluding carboxylic acids is 2. The molecule has 0 saturated carbocycles. The van der Waals surface area contributed by atoms with E-state index in [2.05, 4.69) is 15.4 Å². The first-order chi connectivity index (χ1) is 18.6. The molecule has 1 fully saturated rings. The van der Waals surface area contributed by atoms with Crippen LogP contribution in [0.25, 0.3) is 0 Å². The van der Waals surface area contributed by atoms with Gasteiger partial charge < -0.3 is 24.2 Å². The van der Waals surface area contributed by atoms with Gasteiger partial charge in [0.05, 0.1) is 13.3 Å². The van der Waals surface area contributed by atoms with Gasteiger partial charge in [-0.05, 0) is 36.2 Å². The highest BCUT2D eigenvalue weighted by Crippen LogP contribution is 2.26. The Morgan fingerprint density at radius 1 is 1.05 bits per heavy atom. The highest BCUT2D eigenvalue weighted by Gasteiger charge is 2.44. The summed E-state index contributed by atoms with van der Waals surface area (Å²) in [4.78, 5) is 28.5. The van der Waals surface area contributed by atoms with Crippen LogP contribution in [0, 0.1) is 0 Å². The van der Waals surface area contributed by atoms with E-state index in [4.69, 9.17) is 26.2 Å². The van der Waals surface area contributed by atoms with Gasteiger partial charge in [-0.15, -0.1) is 13.2 Å². The number of hydrogen-bond acceptors (Lipinski definition) is 8. The number of rotatable bonds is 14. The number of aliphatic hydroxyl groups excluding tert-OH is 1. The Morgan fingerprint density at radius 3 is 2.46 bits per heavy atom. The Balaban J connectivity index is 1.54. The van der Waals surface area contributed by atoms with Gasteiger partial charge in [0.1, 0.15) is 30.3 Å². The molecule has 2 aromatic carbocycles. The first-order valence-electron chi connectivity index (χ1n) is 12.1. The first kappa shape index (κ1) is 30.4. The molecule has 2 aromatic rings. The summed E-state index contributed by atoms with van der Waals surface area (Å²) in [7, 11) is 1.55. The number of imide groups is 1. The van der Waals surface area contributed by atoms with Gasteiger partial charge in [0.25, 0.3) is 5.91 Å². The molecule has 2 atom stereocenters. The minimum atomic E-state index is -4.81. The minimum absolute atomic E-state index is 0.0305. The van der Waals surface area contributed by atoms with Gasteiger partial charge >= 0.3 is 12.4 Å². The van der Waals surface area contributed by atoms with Crippen molar-refractivity contribution in [2.45, 2.75) is 31.5 Å². The molecule has 0 aliphatic carbocycles. The zero-order chi connectivity index (χ0) is 28.4. The summed E-state index contributed by atoms with van der Waals surface area (Å²) < 4.78 is 52.0. The number of benzene rings is 2. The maximum atomic E-state index is 13.2. The van der Waals surface area contributed by atoms with Crippen LogP contribution < -0.4 is 20.1 Å². The van der Waals surface area contributed by atoms with Crippen LogP contribution in [-0.4, -0.2) is 85.6 Å². The third kappa shape index (κ3) is 9.25. The van der Waals surface area contributed by atoms with Crippen molar-refractivity contribution in [2.75, 3.05) is 40.1 Å². The van der Waals surface area contributed by atoms with E-state index < -0.39 is 36.3 Å². The lowest BCUT2D eigenvalue weighted by atomic mass is 10.1. The first-order valence-corrected chi connectivity index (χ1v) is 12.4. The molecule has 1 aliphatic heterocycles. The van der Waals surface area contributed by atoms with Crippen LogP contribution in [-0.2, 0) is 16.1 Å². The van der Waals surface area contributed by atoms with E-state index >= 15 is 0 Å². The number of aliphatic hydroxyl groups is 1. The molecule has 1 saturated heterocycles. The van der Waals surface area contributed by atoms with Crippen LogP contribution in [0.2, 0.25) is 5.02 Å². The monoisotopic (exact) mass is 574 g/mol. The highest BCUT2D eigenvalue weighted by atomic mass is 35.5. The largest absolute Gasteiger partial charge is 0.573 e. The number of hydrogen-bond donors (Lipinski definition) is 3. The molecule has 214 valence electrons. The van der Waals surface area contributed by atoms with E-state index in [1.807, 2.05) is 12.1 Å². The fourth-order valence-corrected chi connectivity index (χ4v) is 3.97. The van der Waals surface area contributed by atoms with Gasteiger partial charge in [-0.25, -0.2) is 4.79 Å². The van der Waals surface area contributed by atoms with E-state index in [-0.39, 0.29) is 45.3 Å². The Bertz CT molecular complexity index is 1090. The fraction of sp³-hybridized carbons (Fsp3) is 0.440. The zero-order valence-electron chi connectivity index (χ0n) is 21.1. The van der Waals surface area contributed by atoms with Crippen LogP contribution in [0.3, 0.4) is 0 Å². The summed E-state index contributed by atoms with van der Waals surface area (Å²) in [5.41, 5.74) is 0.880. The second kappa shape index (κ2) is 14.3. The molecule has 3 N–H and O–H groups in total. The predicted octanol–water partition coefficient (Wildman–Crippen LogP) is 2.94.